The van der Waals surface area contributed by atoms with Crippen LogP contribution in [0, 0.1) is 13.8 Å². The maximum atomic E-state index is 13.8. The Balaban J connectivity index is 1.89. The lowest BCUT2D eigenvalue weighted by Crippen LogP contribution is -2.57. The van der Waals surface area contributed by atoms with E-state index in [-0.39, 0.29) is 5.57 Å². The lowest BCUT2D eigenvalue weighted by Gasteiger charge is -2.35. The van der Waals surface area contributed by atoms with Crippen LogP contribution in [-0.4, -0.2) is 31.1 Å². The van der Waals surface area contributed by atoms with Crippen LogP contribution in [0.15, 0.2) is 70.7 Å². The maximum absolute atomic E-state index is 13.8. The monoisotopic (exact) mass is 576 g/mol. The molecule has 0 aromatic heterocycles. The molecule has 0 atom stereocenters. The minimum atomic E-state index is -0.722. The van der Waals surface area contributed by atoms with Gasteiger partial charge >= 0.3 is 6.03 Å². The molecule has 38 heavy (non-hydrogen) atoms. The van der Waals surface area contributed by atoms with Crippen molar-refractivity contribution in [2.24, 2.45) is 0 Å². The summed E-state index contributed by atoms with van der Waals surface area (Å²) in [5.41, 5.74) is 2.69. The molecule has 0 N–H and O–H groups in total. The molecule has 1 aliphatic heterocycles. The largest absolute Gasteiger partial charge is 0.490 e. The Morgan fingerprint density at radius 2 is 1.37 bits per heavy atom. The summed E-state index contributed by atoms with van der Waals surface area (Å²) in [5.74, 6) is -0.352. The molecule has 8 heteroatoms. The number of halogens is 1. The second-order valence-electron chi connectivity index (χ2n) is 8.81. The smallest absolute Gasteiger partial charge is 0.343 e. The highest BCUT2D eigenvalue weighted by Crippen LogP contribution is 2.39. The van der Waals surface area contributed by atoms with Gasteiger partial charge in [-0.05, 0) is 90.2 Å². The van der Waals surface area contributed by atoms with Gasteiger partial charge in [0, 0.05) is 0 Å². The molecule has 3 aromatic rings. The number of rotatable bonds is 8. The lowest BCUT2D eigenvalue weighted by atomic mass is 10.0. The molecular weight excluding hydrogens is 548 g/mol. The molecule has 3 aromatic carbocycles. The summed E-state index contributed by atoms with van der Waals surface area (Å²) in [5, 5.41) is 0. The number of carbonyl (C=O) groups is 3. The lowest BCUT2D eigenvalue weighted by molar-refractivity contribution is -0.121. The Hall–Kier alpha value is -3.91. The molecule has 4 amide bonds. The molecule has 1 aliphatic rings. The molecule has 7 nitrogen and oxygen atoms in total. The molecule has 1 saturated heterocycles. The molecule has 0 radical (unpaired) electrons. The fourth-order valence-electron chi connectivity index (χ4n) is 4.23. The second-order valence-corrected chi connectivity index (χ2v) is 9.66. The van der Waals surface area contributed by atoms with Crippen LogP contribution in [0.5, 0.6) is 11.5 Å². The van der Waals surface area contributed by atoms with Crippen LogP contribution in [0.2, 0.25) is 0 Å². The van der Waals surface area contributed by atoms with Gasteiger partial charge in [0.15, 0.2) is 11.5 Å². The fraction of sp³-hybridized carbons (Fsp3) is 0.233. The minimum Gasteiger partial charge on any atom is -0.490 e. The van der Waals surface area contributed by atoms with Gasteiger partial charge < -0.3 is 9.47 Å². The number of aryl methyl sites for hydroxylation is 2. The van der Waals surface area contributed by atoms with Crippen LogP contribution >= 0.6 is 15.9 Å². The SMILES string of the molecule is CCCOc1c(Br)cc(C=C2C(=O)N(c3ccccc3C)C(=O)N(c3ccccc3C)C2=O)cc1OCC. The van der Waals surface area contributed by atoms with Crippen molar-refractivity contribution in [3.05, 3.63) is 87.4 Å². The number of hydrogen-bond acceptors (Lipinski definition) is 5. The number of urea groups is 1. The molecule has 0 bridgehead atoms. The summed E-state index contributed by atoms with van der Waals surface area (Å²) in [4.78, 5) is 43.4. The van der Waals surface area contributed by atoms with E-state index in [1.165, 1.54) is 6.08 Å². The Morgan fingerprint density at radius 3 is 1.87 bits per heavy atom. The van der Waals surface area contributed by atoms with Crippen LogP contribution in [-0.2, 0) is 9.59 Å². The average molecular weight is 577 g/mol. The van der Waals surface area contributed by atoms with Crippen LogP contribution < -0.4 is 19.3 Å². The number of nitrogens with zero attached hydrogens (tertiary/aromatic N) is 2. The highest BCUT2D eigenvalue weighted by molar-refractivity contribution is 9.10. The van der Waals surface area contributed by atoms with Gasteiger partial charge in [0.2, 0.25) is 0 Å². The third-order valence-corrected chi connectivity index (χ3v) is 6.64. The number of carbonyl (C=O) groups excluding carboxylic acids is 3. The van der Waals surface area contributed by atoms with E-state index < -0.39 is 17.8 Å². The van der Waals surface area contributed by atoms with E-state index in [1.54, 1.807) is 36.4 Å². The molecule has 196 valence electrons. The Bertz CT molecular complexity index is 1360. The number of imide groups is 2. The van der Waals surface area contributed by atoms with Crippen molar-refractivity contribution in [3.8, 4) is 11.5 Å². The predicted octanol–water partition coefficient (Wildman–Crippen LogP) is 6.84. The number of anilines is 2. The number of barbiturate groups is 1. The first kappa shape index (κ1) is 27.1. The van der Waals surface area contributed by atoms with Crippen molar-refractivity contribution in [1.82, 2.24) is 0 Å². The number of hydrogen-bond donors (Lipinski definition) is 0. The van der Waals surface area contributed by atoms with E-state index >= 15 is 0 Å². The number of benzene rings is 3. The van der Waals surface area contributed by atoms with E-state index in [1.807, 2.05) is 52.0 Å². The number of ether oxygens (including phenoxy) is 2. The Labute approximate surface area is 230 Å². The van der Waals surface area contributed by atoms with Gasteiger partial charge in [0.1, 0.15) is 5.57 Å². The van der Waals surface area contributed by atoms with Gasteiger partial charge in [0.05, 0.1) is 29.1 Å². The number of para-hydroxylation sites is 2. The van der Waals surface area contributed by atoms with Gasteiger partial charge in [0.25, 0.3) is 11.8 Å². The van der Waals surface area contributed by atoms with Crippen molar-refractivity contribution in [2.75, 3.05) is 23.0 Å². The first-order valence-corrected chi connectivity index (χ1v) is 13.2. The fourth-order valence-corrected chi connectivity index (χ4v) is 4.80. The topological polar surface area (TPSA) is 76.2 Å². The minimum absolute atomic E-state index is 0.146. The number of amides is 4. The summed E-state index contributed by atoms with van der Waals surface area (Å²) in [6.45, 7) is 8.42. The molecule has 0 saturated carbocycles. The molecule has 0 spiro atoms. The van der Waals surface area contributed by atoms with Crippen molar-refractivity contribution in [3.63, 3.8) is 0 Å². The third-order valence-electron chi connectivity index (χ3n) is 6.06. The molecule has 0 unspecified atom stereocenters. The van der Waals surface area contributed by atoms with E-state index in [0.29, 0.717) is 46.1 Å². The van der Waals surface area contributed by atoms with Crippen LogP contribution in [0.3, 0.4) is 0 Å². The van der Waals surface area contributed by atoms with Gasteiger partial charge in [-0.2, -0.15) is 0 Å². The summed E-state index contributed by atoms with van der Waals surface area (Å²) in [6, 6.07) is 16.9. The molecule has 0 aliphatic carbocycles. The summed E-state index contributed by atoms with van der Waals surface area (Å²) >= 11 is 3.54. The van der Waals surface area contributed by atoms with Gasteiger partial charge in [-0.15, -0.1) is 0 Å². The van der Waals surface area contributed by atoms with Crippen molar-refractivity contribution in [1.29, 1.82) is 0 Å². The molecule has 1 heterocycles. The zero-order valence-electron chi connectivity index (χ0n) is 21.8. The van der Waals surface area contributed by atoms with E-state index in [0.717, 1.165) is 27.3 Å². The van der Waals surface area contributed by atoms with Crippen LogP contribution in [0.25, 0.3) is 6.08 Å². The first-order chi connectivity index (χ1) is 18.3. The van der Waals surface area contributed by atoms with Crippen molar-refractivity contribution < 1.29 is 23.9 Å². The zero-order chi connectivity index (χ0) is 27.4. The van der Waals surface area contributed by atoms with E-state index in [2.05, 4.69) is 15.9 Å². The third kappa shape index (κ3) is 5.22. The highest BCUT2D eigenvalue weighted by Gasteiger charge is 2.44. The average Bonchev–Trinajstić information content (AvgIpc) is 2.88. The normalized spacial score (nSPS) is 13.7. The molecular formula is C30H29BrN2O5. The maximum Gasteiger partial charge on any atom is 0.343 e. The zero-order valence-corrected chi connectivity index (χ0v) is 23.4. The van der Waals surface area contributed by atoms with Gasteiger partial charge in [-0.3, -0.25) is 9.59 Å². The summed E-state index contributed by atoms with van der Waals surface area (Å²) in [7, 11) is 0. The highest BCUT2D eigenvalue weighted by atomic mass is 79.9. The van der Waals surface area contributed by atoms with Gasteiger partial charge in [-0.1, -0.05) is 43.3 Å². The van der Waals surface area contributed by atoms with Crippen LogP contribution in [0.4, 0.5) is 16.2 Å². The Morgan fingerprint density at radius 1 is 0.816 bits per heavy atom. The Kier molecular flexibility index (Phi) is 8.32. The quantitative estimate of drug-likeness (QED) is 0.217. The molecule has 1 fully saturated rings. The summed E-state index contributed by atoms with van der Waals surface area (Å²) < 4.78 is 12.3. The van der Waals surface area contributed by atoms with Crippen molar-refractivity contribution in [2.45, 2.75) is 34.1 Å². The van der Waals surface area contributed by atoms with E-state index in [4.69, 9.17) is 9.47 Å². The standard InChI is InChI=1S/C30H29BrN2O5/c1-5-15-38-27-23(31)17-21(18-26(27)37-6-2)16-22-28(34)32(24-13-9-7-11-19(24)3)30(36)33(29(22)35)25-14-10-8-12-20(25)4/h7-14,16-18H,5-6,15H2,1-4H3. The van der Waals surface area contributed by atoms with E-state index in [9.17, 15) is 14.4 Å². The molecule has 4 rings (SSSR count). The predicted molar refractivity (Wildman–Crippen MR) is 152 cm³/mol. The summed E-state index contributed by atoms with van der Waals surface area (Å²) in [6.07, 6.45) is 2.31. The van der Waals surface area contributed by atoms with Gasteiger partial charge in [-0.25, -0.2) is 14.6 Å². The second kappa shape index (κ2) is 11.6. The first-order valence-electron chi connectivity index (χ1n) is 12.4. The van der Waals surface area contributed by atoms with Crippen LogP contribution in [0.1, 0.15) is 37.0 Å². The van der Waals surface area contributed by atoms with Crippen molar-refractivity contribution >= 4 is 51.2 Å².